The first-order valence-corrected chi connectivity index (χ1v) is 5.60. The Balaban J connectivity index is 0.000000861. The number of hydrogen-bond acceptors (Lipinski definition) is 4. The Hall–Kier alpha value is -2.53. The quantitative estimate of drug-likeness (QED) is 0.520. The fourth-order valence-electron chi connectivity index (χ4n) is 1.49. The van der Waals surface area contributed by atoms with Crippen LogP contribution in [0.5, 0.6) is 0 Å². The van der Waals surface area contributed by atoms with E-state index < -0.39 is 4.92 Å². The molecule has 2 rings (SSSR count). The van der Waals surface area contributed by atoms with Crippen molar-refractivity contribution in [2.45, 2.75) is 0 Å². The summed E-state index contributed by atoms with van der Waals surface area (Å²) in [5, 5.41) is 10.5. The highest BCUT2D eigenvalue weighted by Crippen LogP contribution is 2.15. The van der Waals surface area contributed by atoms with E-state index in [1.54, 1.807) is 24.3 Å². The fraction of sp³-hybridized carbons (Fsp3) is 0.0714. The molecule has 0 saturated heterocycles. The fourth-order valence-corrected chi connectivity index (χ4v) is 1.49. The molecule has 0 spiro atoms. The number of ketones is 1. The van der Waals surface area contributed by atoms with Crippen LogP contribution in [0.2, 0.25) is 0 Å². The van der Waals surface area contributed by atoms with Crippen molar-refractivity contribution < 1.29 is 9.72 Å². The Morgan fingerprint density at radius 1 is 0.947 bits per heavy atom. The third-order valence-electron chi connectivity index (χ3n) is 2.38. The lowest BCUT2D eigenvalue weighted by Crippen LogP contribution is -2.00. The van der Waals surface area contributed by atoms with Crippen molar-refractivity contribution in [1.29, 1.82) is 0 Å². The molecular weight excluding hydrogens is 244 g/mol. The van der Waals surface area contributed by atoms with Gasteiger partial charge >= 0.3 is 0 Å². The number of rotatable bonds is 3. The van der Waals surface area contributed by atoms with Gasteiger partial charge in [0, 0.05) is 23.3 Å². The molecular formula is C14H14N2O3. The van der Waals surface area contributed by atoms with E-state index in [0.29, 0.717) is 11.1 Å². The van der Waals surface area contributed by atoms with Gasteiger partial charge in [0.15, 0.2) is 5.78 Å². The van der Waals surface area contributed by atoms with E-state index in [1.165, 1.54) is 31.3 Å². The Kier molecular flexibility index (Phi) is 5.37. The predicted molar refractivity (Wildman–Crippen MR) is 73.1 cm³/mol. The van der Waals surface area contributed by atoms with Crippen LogP contribution in [0.15, 0.2) is 54.6 Å². The SMILES string of the molecule is CN.O=C(c1ccccc1)c1ccc([N+](=O)[O-])cc1. The van der Waals surface area contributed by atoms with Gasteiger partial charge in [0.05, 0.1) is 4.92 Å². The van der Waals surface area contributed by atoms with Gasteiger partial charge < -0.3 is 5.73 Å². The van der Waals surface area contributed by atoms with Crippen LogP contribution in [-0.2, 0) is 0 Å². The average molecular weight is 258 g/mol. The molecule has 0 saturated carbocycles. The minimum Gasteiger partial charge on any atom is -0.333 e. The Morgan fingerprint density at radius 2 is 1.42 bits per heavy atom. The molecule has 5 nitrogen and oxygen atoms in total. The van der Waals surface area contributed by atoms with Crippen LogP contribution in [0.4, 0.5) is 5.69 Å². The maximum absolute atomic E-state index is 12.0. The summed E-state index contributed by atoms with van der Waals surface area (Å²) >= 11 is 0. The zero-order valence-electron chi connectivity index (χ0n) is 10.4. The number of nitro benzene ring substituents is 1. The van der Waals surface area contributed by atoms with Crippen LogP contribution in [-0.4, -0.2) is 17.8 Å². The predicted octanol–water partition coefficient (Wildman–Crippen LogP) is 2.40. The lowest BCUT2D eigenvalue weighted by Gasteiger charge is -2.00. The van der Waals surface area contributed by atoms with Crippen molar-refractivity contribution in [1.82, 2.24) is 0 Å². The van der Waals surface area contributed by atoms with E-state index in [0.717, 1.165) is 0 Å². The van der Waals surface area contributed by atoms with E-state index in [2.05, 4.69) is 5.73 Å². The average Bonchev–Trinajstić information content (AvgIpc) is 2.49. The highest BCUT2D eigenvalue weighted by atomic mass is 16.6. The van der Waals surface area contributed by atoms with Crippen molar-refractivity contribution in [2.75, 3.05) is 7.05 Å². The van der Waals surface area contributed by atoms with Gasteiger partial charge in [-0.2, -0.15) is 0 Å². The first kappa shape index (κ1) is 14.5. The lowest BCUT2D eigenvalue weighted by molar-refractivity contribution is -0.384. The number of hydrogen-bond donors (Lipinski definition) is 1. The summed E-state index contributed by atoms with van der Waals surface area (Å²) in [5.41, 5.74) is 5.50. The molecule has 2 N–H and O–H groups in total. The molecule has 0 heterocycles. The number of non-ortho nitro benzene ring substituents is 1. The molecule has 0 radical (unpaired) electrons. The lowest BCUT2D eigenvalue weighted by atomic mass is 10.0. The molecule has 0 bridgehead atoms. The molecule has 0 amide bonds. The number of benzene rings is 2. The zero-order valence-corrected chi connectivity index (χ0v) is 10.4. The standard InChI is InChI=1S/C13H9NO3.CH5N/c15-13(10-4-2-1-3-5-10)11-6-8-12(9-7-11)14(16)17;1-2/h1-9H;2H2,1H3. The monoisotopic (exact) mass is 258 g/mol. The van der Waals surface area contributed by atoms with Crippen LogP contribution in [0.1, 0.15) is 15.9 Å². The van der Waals surface area contributed by atoms with Crippen LogP contribution >= 0.6 is 0 Å². The summed E-state index contributed by atoms with van der Waals surface area (Å²) in [6.45, 7) is 0. The van der Waals surface area contributed by atoms with Crippen molar-refractivity contribution in [3.63, 3.8) is 0 Å². The summed E-state index contributed by atoms with van der Waals surface area (Å²) in [6.07, 6.45) is 0. The highest BCUT2D eigenvalue weighted by molar-refractivity contribution is 6.09. The molecule has 0 aromatic heterocycles. The van der Waals surface area contributed by atoms with Crippen LogP contribution in [0.3, 0.4) is 0 Å². The summed E-state index contributed by atoms with van der Waals surface area (Å²) < 4.78 is 0. The molecule has 0 aliphatic heterocycles. The van der Waals surface area contributed by atoms with Crippen LogP contribution in [0.25, 0.3) is 0 Å². The van der Waals surface area contributed by atoms with Crippen LogP contribution < -0.4 is 5.73 Å². The smallest absolute Gasteiger partial charge is 0.269 e. The molecule has 0 fully saturated rings. The van der Waals surface area contributed by atoms with E-state index in [9.17, 15) is 14.9 Å². The molecule has 0 aliphatic rings. The first-order valence-electron chi connectivity index (χ1n) is 5.60. The molecule has 2 aromatic carbocycles. The molecule has 98 valence electrons. The van der Waals surface area contributed by atoms with E-state index in [-0.39, 0.29) is 11.5 Å². The van der Waals surface area contributed by atoms with Gasteiger partial charge in [0.25, 0.3) is 5.69 Å². The van der Waals surface area contributed by atoms with E-state index >= 15 is 0 Å². The Labute approximate surface area is 110 Å². The van der Waals surface area contributed by atoms with E-state index in [1.807, 2.05) is 6.07 Å². The van der Waals surface area contributed by atoms with Crippen molar-refractivity contribution in [3.8, 4) is 0 Å². The summed E-state index contributed by atoms with van der Waals surface area (Å²) in [4.78, 5) is 21.9. The molecule has 19 heavy (non-hydrogen) atoms. The number of carbonyl (C=O) groups is 1. The van der Waals surface area contributed by atoms with Gasteiger partial charge in [0.1, 0.15) is 0 Å². The maximum atomic E-state index is 12.0. The second kappa shape index (κ2) is 7.03. The van der Waals surface area contributed by atoms with Crippen LogP contribution in [0, 0.1) is 10.1 Å². The van der Waals surface area contributed by atoms with Gasteiger partial charge in [-0.25, -0.2) is 0 Å². The minimum atomic E-state index is -0.489. The van der Waals surface area contributed by atoms with Gasteiger partial charge in [-0.1, -0.05) is 30.3 Å². The van der Waals surface area contributed by atoms with Gasteiger partial charge in [-0.15, -0.1) is 0 Å². The van der Waals surface area contributed by atoms with Gasteiger partial charge in [0.2, 0.25) is 0 Å². The van der Waals surface area contributed by atoms with E-state index in [4.69, 9.17) is 0 Å². The Bertz CT molecular complexity index is 551. The number of nitrogens with two attached hydrogens (primary N) is 1. The molecule has 5 heteroatoms. The second-order valence-electron chi connectivity index (χ2n) is 3.50. The Morgan fingerprint density at radius 3 is 1.89 bits per heavy atom. The number of nitro groups is 1. The highest BCUT2D eigenvalue weighted by Gasteiger charge is 2.10. The normalized spacial score (nSPS) is 9.16. The molecule has 0 atom stereocenters. The zero-order chi connectivity index (χ0) is 14.3. The largest absolute Gasteiger partial charge is 0.333 e. The van der Waals surface area contributed by atoms with Crippen molar-refractivity contribution >= 4 is 11.5 Å². The minimum absolute atomic E-state index is 0.0189. The third-order valence-corrected chi connectivity index (χ3v) is 2.38. The van der Waals surface area contributed by atoms with Gasteiger partial charge in [-0.3, -0.25) is 14.9 Å². The van der Waals surface area contributed by atoms with Gasteiger partial charge in [-0.05, 0) is 19.2 Å². The molecule has 0 aliphatic carbocycles. The molecule has 0 unspecified atom stereocenters. The second-order valence-corrected chi connectivity index (χ2v) is 3.50. The summed E-state index contributed by atoms with van der Waals surface area (Å²) in [5.74, 6) is -0.138. The first-order chi connectivity index (χ1) is 9.18. The summed E-state index contributed by atoms with van der Waals surface area (Å²) in [7, 11) is 1.50. The summed E-state index contributed by atoms with van der Waals surface area (Å²) in [6, 6.07) is 14.4. The topological polar surface area (TPSA) is 86.2 Å². The van der Waals surface area contributed by atoms with Crippen molar-refractivity contribution in [2.24, 2.45) is 5.73 Å². The maximum Gasteiger partial charge on any atom is 0.269 e. The van der Waals surface area contributed by atoms with Crippen molar-refractivity contribution in [3.05, 3.63) is 75.8 Å². The third kappa shape index (κ3) is 3.72. The number of nitrogens with zero attached hydrogens (tertiary/aromatic N) is 1. The molecule has 2 aromatic rings. The number of carbonyl (C=O) groups excluding carboxylic acids is 1.